The summed E-state index contributed by atoms with van der Waals surface area (Å²) < 4.78 is 5.60. The number of ether oxygens (including phenoxy) is 1. The molecule has 1 aromatic rings. The van der Waals surface area contributed by atoms with E-state index in [9.17, 15) is 0 Å². The third kappa shape index (κ3) is 6.66. The summed E-state index contributed by atoms with van der Waals surface area (Å²) in [4.78, 5) is 6.88. The van der Waals surface area contributed by atoms with E-state index in [0.29, 0.717) is 12.0 Å². The fourth-order valence-corrected chi connectivity index (χ4v) is 3.15. The van der Waals surface area contributed by atoms with Crippen molar-refractivity contribution in [2.24, 2.45) is 10.9 Å². The van der Waals surface area contributed by atoms with Crippen molar-refractivity contribution in [3.63, 3.8) is 0 Å². The molecule has 2 rings (SSSR count). The van der Waals surface area contributed by atoms with Gasteiger partial charge in [-0.15, -0.1) is 24.0 Å². The monoisotopic (exact) mass is 460 g/mol. The SMILES string of the molecule is CN=C(NCC(C)C)NCC(c1ccccc1OC)N1CCCC1.I. The molecule has 2 N–H and O–H groups in total. The lowest BCUT2D eigenvalue weighted by Crippen LogP contribution is -2.43. The Hall–Kier alpha value is -1.02. The molecule has 1 atom stereocenters. The molecule has 0 bridgehead atoms. The first-order valence-electron chi connectivity index (χ1n) is 8.97. The second kappa shape index (κ2) is 11.6. The minimum absolute atomic E-state index is 0. The normalized spacial score (nSPS) is 16.4. The Labute approximate surface area is 169 Å². The number of benzene rings is 1. The molecule has 0 amide bonds. The molecule has 0 aromatic heterocycles. The molecule has 1 aliphatic heterocycles. The Morgan fingerprint density at radius 3 is 2.40 bits per heavy atom. The van der Waals surface area contributed by atoms with Gasteiger partial charge in [0.25, 0.3) is 0 Å². The van der Waals surface area contributed by atoms with Gasteiger partial charge in [0.2, 0.25) is 0 Å². The number of hydrogen-bond donors (Lipinski definition) is 2. The van der Waals surface area contributed by atoms with Gasteiger partial charge in [0.05, 0.1) is 13.2 Å². The van der Waals surface area contributed by atoms with Crippen LogP contribution in [-0.2, 0) is 0 Å². The van der Waals surface area contributed by atoms with E-state index in [-0.39, 0.29) is 24.0 Å². The van der Waals surface area contributed by atoms with Gasteiger partial charge in [-0.2, -0.15) is 0 Å². The van der Waals surface area contributed by atoms with Gasteiger partial charge in [-0.3, -0.25) is 9.89 Å². The lowest BCUT2D eigenvalue weighted by molar-refractivity contribution is 0.239. The second-order valence-electron chi connectivity index (χ2n) is 6.73. The van der Waals surface area contributed by atoms with Gasteiger partial charge >= 0.3 is 0 Å². The van der Waals surface area contributed by atoms with E-state index >= 15 is 0 Å². The highest BCUT2D eigenvalue weighted by molar-refractivity contribution is 14.0. The van der Waals surface area contributed by atoms with E-state index < -0.39 is 0 Å². The van der Waals surface area contributed by atoms with Crippen LogP contribution in [-0.4, -0.2) is 51.2 Å². The molecule has 1 heterocycles. The Balaban J connectivity index is 0.00000312. The minimum atomic E-state index is 0. The number of aliphatic imine (C=N–C) groups is 1. The Morgan fingerprint density at radius 2 is 1.80 bits per heavy atom. The number of para-hydroxylation sites is 1. The number of hydrogen-bond acceptors (Lipinski definition) is 3. The Bertz CT molecular complexity index is 530. The number of nitrogens with zero attached hydrogens (tertiary/aromatic N) is 2. The maximum atomic E-state index is 5.60. The van der Waals surface area contributed by atoms with E-state index in [2.05, 4.69) is 46.5 Å². The Morgan fingerprint density at radius 1 is 1.16 bits per heavy atom. The minimum Gasteiger partial charge on any atom is -0.496 e. The maximum absolute atomic E-state index is 5.60. The van der Waals surface area contributed by atoms with Gasteiger partial charge in [-0.05, 0) is 37.9 Å². The lowest BCUT2D eigenvalue weighted by Gasteiger charge is -2.30. The average molecular weight is 460 g/mol. The van der Waals surface area contributed by atoms with Crippen molar-refractivity contribution >= 4 is 29.9 Å². The second-order valence-corrected chi connectivity index (χ2v) is 6.73. The topological polar surface area (TPSA) is 48.9 Å². The van der Waals surface area contributed by atoms with Crippen molar-refractivity contribution in [2.45, 2.75) is 32.7 Å². The zero-order chi connectivity index (χ0) is 17.4. The smallest absolute Gasteiger partial charge is 0.191 e. The molecular weight excluding hydrogens is 427 g/mol. The van der Waals surface area contributed by atoms with Gasteiger partial charge in [-0.1, -0.05) is 32.0 Å². The highest BCUT2D eigenvalue weighted by Crippen LogP contribution is 2.31. The first-order chi connectivity index (χ1) is 11.7. The van der Waals surface area contributed by atoms with Crippen molar-refractivity contribution in [1.82, 2.24) is 15.5 Å². The number of halogens is 1. The average Bonchev–Trinajstić information content (AvgIpc) is 3.12. The summed E-state index contributed by atoms with van der Waals surface area (Å²) in [5.74, 6) is 2.41. The molecule has 1 saturated heterocycles. The quantitative estimate of drug-likeness (QED) is 0.373. The van der Waals surface area contributed by atoms with Crippen LogP contribution in [0.2, 0.25) is 0 Å². The van der Waals surface area contributed by atoms with Crippen molar-refractivity contribution in [3.8, 4) is 5.75 Å². The molecule has 1 fully saturated rings. The van der Waals surface area contributed by atoms with Crippen LogP contribution in [0, 0.1) is 5.92 Å². The Kier molecular flexibility index (Phi) is 10.2. The van der Waals surface area contributed by atoms with Gasteiger partial charge < -0.3 is 15.4 Å². The summed E-state index contributed by atoms with van der Waals surface area (Å²) in [6, 6.07) is 8.63. The van der Waals surface area contributed by atoms with Crippen LogP contribution in [0.15, 0.2) is 29.3 Å². The summed E-state index contributed by atoms with van der Waals surface area (Å²) in [5, 5.41) is 6.88. The number of nitrogens with one attached hydrogen (secondary N) is 2. The third-order valence-corrected chi connectivity index (χ3v) is 4.44. The summed E-state index contributed by atoms with van der Waals surface area (Å²) >= 11 is 0. The summed E-state index contributed by atoms with van der Waals surface area (Å²) in [6.45, 7) is 8.41. The molecule has 1 aliphatic rings. The molecule has 0 radical (unpaired) electrons. The summed E-state index contributed by atoms with van der Waals surface area (Å²) in [6.07, 6.45) is 2.54. The van der Waals surface area contributed by atoms with Gasteiger partial charge in [-0.25, -0.2) is 0 Å². The van der Waals surface area contributed by atoms with Crippen molar-refractivity contribution in [1.29, 1.82) is 0 Å². The summed E-state index contributed by atoms with van der Waals surface area (Å²) in [5.41, 5.74) is 1.24. The van der Waals surface area contributed by atoms with Crippen LogP contribution < -0.4 is 15.4 Å². The van der Waals surface area contributed by atoms with Gasteiger partial charge in [0.1, 0.15) is 5.75 Å². The van der Waals surface area contributed by atoms with Crippen molar-refractivity contribution in [3.05, 3.63) is 29.8 Å². The molecule has 6 heteroatoms. The van der Waals surface area contributed by atoms with Gasteiger partial charge in [0.15, 0.2) is 5.96 Å². The van der Waals surface area contributed by atoms with E-state index in [1.807, 2.05) is 19.2 Å². The van der Waals surface area contributed by atoms with E-state index in [4.69, 9.17) is 4.74 Å². The molecule has 0 spiro atoms. The number of likely N-dealkylation sites (tertiary alicyclic amines) is 1. The fourth-order valence-electron chi connectivity index (χ4n) is 3.15. The van der Waals surface area contributed by atoms with Crippen molar-refractivity contribution < 1.29 is 4.74 Å². The van der Waals surface area contributed by atoms with Crippen LogP contribution in [0.5, 0.6) is 5.75 Å². The van der Waals surface area contributed by atoms with E-state index in [1.54, 1.807) is 7.11 Å². The fraction of sp³-hybridized carbons (Fsp3) is 0.632. The predicted molar refractivity (Wildman–Crippen MR) is 116 cm³/mol. The van der Waals surface area contributed by atoms with E-state index in [0.717, 1.165) is 37.9 Å². The molecule has 5 nitrogen and oxygen atoms in total. The van der Waals surface area contributed by atoms with E-state index in [1.165, 1.54) is 18.4 Å². The molecule has 1 unspecified atom stereocenters. The first-order valence-corrected chi connectivity index (χ1v) is 8.97. The van der Waals surface area contributed by atoms with Crippen molar-refractivity contribution in [2.75, 3.05) is 40.3 Å². The maximum Gasteiger partial charge on any atom is 0.191 e. The molecule has 142 valence electrons. The molecule has 1 aromatic carbocycles. The molecule has 0 aliphatic carbocycles. The van der Waals surface area contributed by atoms with Crippen LogP contribution in [0.3, 0.4) is 0 Å². The third-order valence-electron chi connectivity index (χ3n) is 4.44. The molecule has 25 heavy (non-hydrogen) atoms. The lowest BCUT2D eigenvalue weighted by atomic mass is 10.0. The molecule has 0 saturated carbocycles. The van der Waals surface area contributed by atoms with Crippen LogP contribution in [0.4, 0.5) is 0 Å². The number of guanidine groups is 1. The van der Waals surface area contributed by atoms with Crippen LogP contribution in [0.1, 0.15) is 38.3 Å². The number of rotatable bonds is 7. The first kappa shape index (κ1) is 22.0. The van der Waals surface area contributed by atoms with Gasteiger partial charge in [0, 0.05) is 25.7 Å². The zero-order valence-electron chi connectivity index (χ0n) is 15.9. The largest absolute Gasteiger partial charge is 0.496 e. The highest BCUT2D eigenvalue weighted by atomic mass is 127. The highest BCUT2D eigenvalue weighted by Gasteiger charge is 2.25. The molecular formula is C19H33IN4O. The van der Waals surface area contributed by atoms with Crippen LogP contribution >= 0.6 is 24.0 Å². The standard InChI is InChI=1S/C19H32N4O.HI/c1-15(2)13-21-19(20-3)22-14-17(23-11-7-8-12-23)16-9-5-6-10-18(16)24-4;/h5-6,9-10,15,17H,7-8,11-14H2,1-4H3,(H2,20,21,22);1H. The number of methoxy groups -OCH3 is 1. The predicted octanol–water partition coefficient (Wildman–Crippen LogP) is 3.27. The summed E-state index contributed by atoms with van der Waals surface area (Å²) in [7, 11) is 3.57. The van der Waals surface area contributed by atoms with Crippen LogP contribution in [0.25, 0.3) is 0 Å². The zero-order valence-corrected chi connectivity index (χ0v) is 18.2.